The van der Waals surface area contributed by atoms with E-state index in [2.05, 4.69) is 56.0 Å². The highest BCUT2D eigenvalue weighted by atomic mass is 15.3. The topological polar surface area (TPSA) is 97.2 Å². The minimum absolute atomic E-state index is 0.247. The van der Waals surface area contributed by atoms with Crippen LogP contribution in [0.1, 0.15) is 38.7 Å². The summed E-state index contributed by atoms with van der Waals surface area (Å²) < 4.78 is 3.88. The monoisotopic (exact) mass is 412 g/mol. The Morgan fingerprint density at radius 2 is 2.03 bits per heavy atom. The maximum absolute atomic E-state index is 9.10. The fourth-order valence-corrected chi connectivity index (χ4v) is 3.92. The van der Waals surface area contributed by atoms with Crippen LogP contribution in [-0.4, -0.2) is 35.3 Å². The maximum Gasteiger partial charge on any atom is 0.164 e. The Kier molecular flexibility index (Phi) is 4.86. The van der Waals surface area contributed by atoms with Gasteiger partial charge in [0.1, 0.15) is 6.07 Å². The van der Waals surface area contributed by atoms with E-state index in [1.807, 2.05) is 18.6 Å². The zero-order valence-corrected chi connectivity index (χ0v) is 17.7. The Hall–Kier alpha value is -3.73. The minimum atomic E-state index is 0.247. The highest BCUT2D eigenvalue weighted by Gasteiger charge is 2.19. The second kappa shape index (κ2) is 7.84. The van der Waals surface area contributed by atoms with Crippen molar-refractivity contribution in [2.75, 3.05) is 5.32 Å². The van der Waals surface area contributed by atoms with Crippen molar-refractivity contribution in [3.05, 3.63) is 48.8 Å². The lowest BCUT2D eigenvalue weighted by atomic mass is 9.85. The third-order valence-electron chi connectivity index (χ3n) is 5.69. The van der Waals surface area contributed by atoms with Crippen LogP contribution in [0.15, 0.2) is 43.2 Å². The van der Waals surface area contributed by atoms with Crippen LogP contribution in [0.2, 0.25) is 0 Å². The molecule has 0 aliphatic heterocycles. The van der Waals surface area contributed by atoms with Crippen LogP contribution in [0, 0.1) is 17.2 Å². The predicted octanol–water partition coefficient (Wildman–Crippen LogP) is 4.17. The Morgan fingerprint density at radius 1 is 1.16 bits per heavy atom. The molecule has 0 saturated heterocycles. The summed E-state index contributed by atoms with van der Waals surface area (Å²) in [6.07, 6.45) is 13.1. The van der Waals surface area contributed by atoms with E-state index in [1.165, 1.54) is 19.3 Å². The molecule has 0 amide bonds. The normalized spacial score (nSPS) is 14.0. The van der Waals surface area contributed by atoms with Gasteiger partial charge in [-0.3, -0.25) is 0 Å². The third kappa shape index (κ3) is 3.75. The van der Waals surface area contributed by atoms with Crippen LogP contribution in [0.3, 0.4) is 0 Å². The van der Waals surface area contributed by atoms with Crippen LogP contribution >= 0.6 is 0 Å². The number of fused-ring (bicyclic) bond motifs is 1. The second-order valence-corrected chi connectivity index (χ2v) is 8.44. The molecule has 1 saturated carbocycles. The molecule has 1 aliphatic carbocycles. The molecule has 4 heterocycles. The van der Waals surface area contributed by atoms with Gasteiger partial charge in [-0.2, -0.15) is 15.0 Å². The number of pyridine rings is 2. The van der Waals surface area contributed by atoms with Crippen molar-refractivity contribution < 1.29 is 0 Å². The summed E-state index contributed by atoms with van der Waals surface area (Å²) in [7, 11) is 0. The quantitative estimate of drug-likeness (QED) is 0.510. The van der Waals surface area contributed by atoms with Gasteiger partial charge in [0.05, 0.1) is 23.8 Å². The van der Waals surface area contributed by atoms with Crippen molar-refractivity contribution in [3.8, 4) is 23.1 Å². The van der Waals surface area contributed by atoms with Crippen molar-refractivity contribution in [2.45, 2.75) is 45.7 Å². The molecule has 31 heavy (non-hydrogen) atoms. The first-order chi connectivity index (χ1) is 15.1. The molecule has 8 nitrogen and oxygen atoms in total. The fraction of sp³-hybridized carbons (Fsp3) is 0.348. The molecule has 0 atom stereocenters. The summed E-state index contributed by atoms with van der Waals surface area (Å²) in [6, 6.07) is 6.12. The number of anilines is 1. The lowest BCUT2D eigenvalue weighted by Gasteiger charge is -2.25. The number of nitrogens with one attached hydrogen (secondary N) is 1. The lowest BCUT2D eigenvalue weighted by molar-refractivity contribution is 0.276. The summed E-state index contributed by atoms with van der Waals surface area (Å²) >= 11 is 0. The van der Waals surface area contributed by atoms with Crippen molar-refractivity contribution in [3.63, 3.8) is 0 Å². The van der Waals surface area contributed by atoms with E-state index in [9.17, 15) is 0 Å². The average Bonchev–Trinajstić information content (AvgIpc) is 3.36. The molecule has 0 aromatic carbocycles. The molecule has 1 N–H and O–H groups in total. The fourth-order valence-electron chi connectivity index (χ4n) is 3.92. The van der Waals surface area contributed by atoms with E-state index in [0.29, 0.717) is 17.0 Å². The van der Waals surface area contributed by atoms with Gasteiger partial charge in [-0.1, -0.05) is 6.42 Å². The molecular weight excluding hydrogens is 388 g/mol. The molecule has 156 valence electrons. The van der Waals surface area contributed by atoms with Gasteiger partial charge in [-0.15, -0.1) is 0 Å². The number of hydrogen-bond donors (Lipinski definition) is 1. The van der Waals surface area contributed by atoms with E-state index >= 15 is 0 Å². The number of imidazole rings is 1. The molecule has 5 rings (SSSR count). The summed E-state index contributed by atoms with van der Waals surface area (Å²) in [4.78, 5) is 13.7. The number of aromatic nitrogens is 6. The predicted molar refractivity (Wildman–Crippen MR) is 119 cm³/mol. The van der Waals surface area contributed by atoms with Gasteiger partial charge in [-0.05, 0) is 38.7 Å². The van der Waals surface area contributed by atoms with Gasteiger partial charge in [0.25, 0.3) is 0 Å². The molecule has 8 heteroatoms. The smallest absolute Gasteiger partial charge is 0.164 e. The first-order valence-electron chi connectivity index (χ1n) is 10.6. The highest BCUT2D eigenvalue weighted by molar-refractivity contribution is 5.79. The van der Waals surface area contributed by atoms with Crippen LogP contribution < -0.4 is 5.32 Å². The number of rotatable bonds is 6. The number of hydrogen-bond acceptors (Lipinski definition) is 6. The van der Waals surface area contributed by atoms with E-state index in [0.717, 1.165) is 34.8 Å². The average molecular weight is 413 g/mol. The van der Waals surface area contributed by atoms with Crippen molar-refractivity contribution in [1.82, 2.24) is 29.3 Å². The van der Waals surface area contributed by atoms with Crippen molar-refractivity contribution in [2.24, 2.45) is 5.92 Å². The SMILES string of the molecule is CC(C)Nc1cc(-n2ncc3cc(C#N)cnc32)ncc1-c1cn(CC2CCC2)cn1. The molecule has 0 unspecified atom stereocenters. The Labute approximate surface area is 180 Å². The second-order valence-electron chi connectivity index (χ2n) is 8.44. The number of nitrogens with zero attached hydrogens (tertiary/aromatic N) is 7. The standard InChI is InChI=1S/C23H24N8/c1-15(2)29-20-7-22(31-23-18(10-28-31)6-17(8-24)9-26-23)25-11-19(20)21-13-30(14-27-21)12-16-4-3-5-16/h6-7,9-11,13-16H,3-5,12H2,1-2H3,(H,25,29). The third-order valence-corrected chi connectivity index (χ3v) is 5.69. The van der Waals surface area contributed by atoms with E-state index in [-0.39, 0.29) is 6.04 Å². The van der Waals surface area contributed by atoms with Gasteiger partial charge in [-0.25, -0.2) is 15.0 Å². The summed E-state index contributed by atoms with van der Waals surface area (Å²) in [5.41, 5.74) is 3.99. The van der Waals surface area contributed by atoms with Crippen LogP contribution in [0.4, 0.5) is 5.69 Å². The van der Waals surface area contributed by atoms with Gasteiger partial charge in [0.2, 0.25) is 0 Å². The number of nitriles is 1. The van der Waals surface area contributed by atoms with Gasteiger partial charge in [0.15, 0.2) is 11.5 Å². The highest BCUT2D eigenvalue weighted by Crippen LogP contribution is 2.31. The van der Waals surface area contributed by atoms with Gasteiger partial charge in [0, 0.05) is 53.9 Å². The maximum atomic E-state index is 9.10. The molecule has 4 aromatic rings. The zero-order chi connectivity index (χ0) is 21.4. The Balaban J connectivity index is 1.52. The summed E-state index contributed by atoms with van der Waals surface area (Å²) in [6.45, 7) is 5.24. The first kappa shape index (κ1) is 19.2. The van der Waals surface area contributed by atoms with E-state index in [1.54, 1.807) is 23.1 Å². The first-order valence-corrected chi connectivity index (χ1v) is 10.6. The molecule has 0 spiro atoms. The Bertz CT molecular complexity index is 1270. The lowest BCUT2D eigenvalue weighted by Crippen LogP contribution is -2.17. The zero-order valence-electron chi connectivity index (χ0n) is 17.7. The van der Waals surface area contributed by atoms with Crippen molar-refractivity contribution in [1.29, 1.82) is 5.26 Å². The molecular formula is C23H24N8. The summed E-state index contributed by atoms with van der Waals surface area (Å²) in [5.74, 6) is 1.44. The molecule has 0 radical (unpaired) electrons. The summed E-state index contributed by atoms with van der Waals surface area (Å²) in [5, 5.41) is 17.9. The van der Waals surface area contributed by atoms with Crippen LogP contribution in [0.25, 0.3) is 28.1 Å². The van der Waals surface area contributed by atoms with Gasteiger partial charge < -0.3 is 9.88 Å². The van der Waals surface area contributed by atoms with Crippen molar-refractivity contribution >= 4 is 16.7 Å². The molecule has 0 bridgehead atoms. The van der Waals surface area contributed by atoms with E-state index in [4.69, 9.17) is 5.26 Å². The minimum Gasteiger partial charge on any atom is -0.382 e. The molecule has 4 aromatic heterocycles. The largest absolute Gasteiger partial charge is 0.382 e. The van der Waals surface area contributed by atoms with Crippen LogP contribution in [-0.2, 0) is 6.54 Å². The van der Waals surface area contributed by atoms with Crippen LogP contribution in [0.5, 0.6) is 0 Å². The molecule has 1 fully saturated rings. The Morgan fingerprint density at radius 3 is 2.77 bits per heavy atom. The van der Waals surface area contributed by atoms with E-state index < -0.39 is 0 Å². The van der Waals surface area contributed by atoms with Gasteiger partial charge >= 0.3 is 0 Å². The molecule has 1 aliphatic rings.